The fourth-order valence-corrected chi connectivity index (χ4v) is 5.86. The first-order valence-corrected chi connectivity index (χ1v) is 13.4. The van der Waals surface area contributed by atoms with E-state index in [1.165, 1.54) is 12.0 Å². The van der Waals surface area contributed by atoms with Gasteiger partial charge in [0.25, 0.3) is 0 Å². The van der Waals surface area contributed by atoms with Crippen LogP contribution < -0.4 is 5.32 Å². The van der Waals surface area contributed by atoms with Gasteiger partial charge in [-0.25, -0.2) is 15.0 Å². The molecule has 2 aliphatic heterocycles. The van der Waals surface area contributed by atoms with Crippen molar-refractivity contribution in [2.75, 3.05) is 38.7 Å². The molecule has 0 aliphatic carbocycles. The lowest BCUT2D eigenvalue weighted by molar-refractivity contribution is -0.150. The zero-order chi connectivity index (χ0) is 24.8. The van der Waals surface area contributed by atoms with Crippen LogP contribution in [-0.4, -0.2) is 76.0 Å². The van der Waals surface area contributed by atoms with Gasteiger partial charge in [0.15, 0.2) is 5.13 Å². The Morgan fingerprint density at radius 2 is 1.97 bits per heavy atom. The summed E-state index contributed by atoms with van der Waals surface area (Å²) in [5, 5.41) is 4.19. The fraction of sp³-hybridized carbons (Fsp3) is 0.640. The number of ether oxygens (including phenoxy) is 1. The first kappa shape index (κ1) is 25.5. The molecule has 2 saturated heterocycles. The third-order valence-corrected chi connectivity index (χ3v) is 7.68. The third-order valence-electron chi connectivity index (χ3n) is 6.70. The van der Waals surface area contributed by atoms with Gasteiger partial charge < -0.3 is 19.9 Å². The van der Waals surface area contributed by atoms with Crippen LogP contribution in [-0.2, 0) is 20.7 Å². The van der Waals surface area contributed by atoms with Crippen molar-refractivity contribution in [1.29, 1.82) is 0 Å². The highest BCUT2D eigenvalue weighted by Gasteiger charge is 2.36. The summed E-state index contributed by atoms with van der Waals surface area (Å²) in [6.07, 6.45) is 8.30. The molecule has 0 bridgehead atoms. The lowest BCUT2D eigenvalue weighted by Gasteiger charge is -2.39. The average Bonchev–Trinajstić information content (AvgIpc) is 3.30. The van der Waals surface area contributed by atoms with Gasteiger partial charge in [-0.15, -0.1) is 11.3 Å². The van der Waals surface area contributed by atoms with Crippen LogP contribution in [0.2, 0.25) is 0 Å². The van der Waals surface area contributed by atoms with Gasteiger partial charge in [-0.05, 0) is 45.4 Å². The van der Waals surface area contributed by atoms with E-state index in [1.807, 2.05) is 24.1 Å². The Kier molecular flexibility index (Phi) is 8.67. The number of carbonyl (C=O) groups excluding carboxylic acids is 2. The Labute approximate surface area is 211 Å². The maximum atomic E-state index is 13.3. The number of anilines is 2. The Morgan fingerprint density at radius 1 is 1.17 bits per heavy atom. The number of piperidine rings is 2. The molecule has 1 N–H and O–H groups in total. The minimum atomic E-state index is -0.370. The SMILES string of the molecule is CCCc1cnc(Nc2cc(C)nc(C3CCN(C(=O)[C@@H]4CCCCN4C(=O)COC)CC3)n2)s1. The molecule has 1 atom stereocenters. The van der Waals surface area contributed by atoms with Crippen molar-refractivity contribution in [3.63, 3.8) is 0 Å². The van der Waals surface area contributed by atoms with Gasteiger partial charge in [-0.2, -0.15) is 0 Å². The van der Waals surface area contributed by atoms with Crippen LogP contribution in [0.4, 0.5) is 10.9 Å². The molecule has 0 aromatic carbocycles. The van der Waals surface area contributed by atoms with Gasteiger partial charge in [-0.3, -0.25) is 9.59 Å². The maximum absolute atomic E-state index is 13.3. The number of aromatic nitrogens is 3. The predicted molar refractivity (Wildman–Crippen MR) is 136 cm³/mol. The number of hydrogen-bond donors (Lipinski definition) is 1. The van der Waals surface area contributed by atoms with Crippen molar-refractivity contribution >= 4 is 34.1 Å². The van der Waals surface area contributed by atoms with Crippen molar-refractivity contribution < 1.29 is 14.3 Å². The lowest BCUT2D eigenvalue weighted by atomic mass is 9.94. The maximum Gasteiger partial charge on any atom is 0.249 e. The van der Waals surface area contributed by atoms with E-state index in [-0.39, 0.29) is 30.4 Å². The van der Waals surface area contributed by atoms with E-state index in [4.69, 9.17) is 14.7 Å². The molecule has 2 amide bonds. The Bertz CT molecular complexity index is 1020. The predicted octanol–water partition coefficient (Wildman–Crippen LogP) is 3.67. The van der Waals surface area contributed by atoms with E-state index < -0.39 is 0 Å². The van der Waals surface area contributed by atoms with Crippen molar-refractivity contribution in [3.8, 4) is 0 Å². The Morgan fingerprint density at radius 3 is 2.71 bits per heavy atom. The second-order valence-corrected chi connectivity index (χ2v) is 10.5. The topological polar surface area (TPSA) is 101 Å². The molecule has 9 nitrogen and oxygen atoms in total. The van der Waals surface area contributed by atoms with Crippen molar-refractivity contribution in [2.45, 2.75) is 70.8 Å². The van der Waals surface area contributed by atoms with Crippen molar-refractivity contribution in [1.82, 2.24) is 24.8 Å². The summed E-state index contributed by atoms with van der Waals surface area (Å²) >= 11 is 1.66. The van der Waals surface area contributed by atoms with E-state index in [1.54, 1.807) is 16.2 Å². The summed E-state index contributed by atoms with van der Waals surface area (Å²) in [7, 11) is 1.51. The number of carbonyl (C=O) groups is 2. The van der Waals surface area contributed by atoms with Crippen molar-refractivity contribution in [3.05, 3.63) is 28.7 Å². The fourth-order valence-electron chi connectivity index (χ4n) is 4.94. The molecule has 190 valence electrons. The first-order valence-electron chi connectivity index (χ1n) is 12.6. The normalized spacial score (nSPS) is 19.1. The standard InChI is InChI=1S/C25H36N6O3S/c1-4-7-19-15-26-25(35-19)29-21-14-17(2)27-23(28-21)18-9-12-30(13-10-18)24(33)20-8-5-6-11-31(20)22(32)16-34-3/h14-15,18,20H,4-13,16H2,1-3H3,(H,26,27,28,29)/t20-/m0/s1. The number of hydrogen-bond acceptors (Lipinski definition) is 8. The lowest BCUT2D eigenvalue weighted by Crippen LogP contribution is -2.55. The zero-order valence-electron chi connectivity index (χ0n) is 21.0. The highest BCUT2D eigenvalue weighted by Crippen LogP contribution is 2.30. The number of nitrogens with one attached hydrogen (secondary N) is 1. The summed E-state index contributed by atoms with van der Waals surface area (Å²) in [5.41, 5.74) is 0.913. The molecule has 0 unspecified atom stereocenters. The molecule has 10 heteroatoms. The monoisotopic (exact) mass is 500 g/mol. The van der Waals surface area contributed by atoms with E-state index in [0.29, 0.717) is 19.6 Å². The molecule has 4 heterocycles. The molecule has 2 aromatic heterocycles. The Balaban J connectivity index is 1.38. The molecule has 35 heavy (non-hydrogen) atoms. The van der Waals surface area contributed by atoms with Gasteiger partial charge in [-0.1, -0.05) is 13.3 Å². The molecule has 0 saturated carbocycles. The average molecular weight is 501 g/mol. The number of thiazole rings is 1. The quantitative estimate of drug-likeness (QED) is 0.590. The second kappa shape index (κ2) is 11.9. The van der Waals surface area contributed by atoms with Gasteiger partial charge >= 0.3 is 0 Å². The second-order valence-electron chi connectivity index (χ2n) is 9.39. The number of aryl methyl sites for hydroxylation is 2. The molecule has 4 rings (SSSR count). The van der Waals surface area contributed by atoms with Gasteiger partial charge in [0, 0.05) is 55.5 Å². The largest absolute Gasteiger partial charge is 0.375 e. The van der Waals surface area contributed by atoms with Crippen molar-refractivity contribution in [2.24, 2.45) is 0 Å². The van der Waals surface area contributed by atoms with E-state index >= 15 is 0 Å². The summed E-state index contributed by atoms with van der Waals surface area (Å²) in [6, 6.07) is 1.57. The number of likely N-dealkylation sites (tertiary alicyclic amines) is 2. The summed E-state index contributed by atoms with van der Waals surface area (Å²) in [4.78, 5) is 44.7. The number of rotatable bonds is 8. The third kappa shape index (κ3) is 6.35. The summed E-state index contributed by atoms with van der Waals surface area (Å²) in [5.74, 6) is 1.74. The minimum absolute atomic E-state index is 0.0217. The number of amides is 2. The van der Waals surface area contributed by atoms with Crippen LogP contribution in [0.25, 0.3) is 0 Å². The van der Waals surface area contributed by atoms with Gasteiger partial charge in [0.05, 0.1) is 0 Å². The highest BCUT2D eigenvalue weighted by atomic mass is 32.1. The zero-order valence-corrected chi connectivity index (χ0v) is 21.8. The molecule has 2 fully saturated rings. The van der Waals surface area contributed by atoms with E-state index in [2.05, 4.69) is 17.2 Å². The van der Waals surface area contributed by atoms with E-state index in [0.717, 1.165) is 67.4 Å². The van der Waals surface area contributed by atoms with Crippen LogP contribution >= 0.6 is 11.3 Å². The highest BCUT2D eigenvalue weighted by molar-refractivity contribution is 7.15. The van der Waals surface area contributed by atoms with Gasteiger partial charge in [0.2, 0.25) is 11.8 Å². The molecular weight excluding hydrogens is 464 g/mol. The summed E-state index contributed by atoms with van der Waals surface area (Å²) < 4.78 is 5.02. The molecule has 2 aliphatic rings. The molecule has 2 aromatic rings. The Hall–Kier alpha value is -2.59. The van der Waals surface area contributed by atoms with Crippen LogP contribution in [0.5, 0.6) is 0 Å². The molecule has 0 spiro atoms. The van der Waals surface area contributed by atoms with Gasteiger partial charge in [0.1, 0.15) is 24.3 Å². The van der Waals surface area contributed by atoms with E-state index in [9.17, 15) is 9.59 Å². The number of nitrogens with zero attached hydrogens (tertiary/aromatic N) is 5. The van der Waals surface area contributed by atoms with Crippen LogP contribution in [0.1, 0.15) is 67.8 Å². The summed E-state index contributed by atoms with van der Waals surface area (Å²) in [6.45, 7) is 6.10. The van der Waals surface area contributed by atoms with Crippen LogP contribution in [0.15, 0.2) is 12.3 Å². The molecule has 0 radical (unpaired) electrons. The number of methoxy groups -OCH3 is 1. The smallest absolute Gasteiger partial charge is 0.249 e. The van der Waals surface area contributed by atoms with Crippen LogP contribution in [0, 0.1) is 6.92 Å². The minimum Gasteiger partial charge on any atom is -0.375 e. The first-order chi connectivity index (χ1) is 17.0. The van der Waals surface area contributed by atoms with Crippen LogP contribution in [0.3, 0.4) is 0 Å². The molecular formula is C25H36N6O3S.